The van der Waals surface area contributed by atoms with E-state index in [1.165, 1.54) is 4.88 Å². The lowest BCUT2D eigenvalue weighted by molar-refractivity contribution is 0.578. The molecule has 6 heteroatoms. The van der Waals surface area contributed by atoms with Crippen LogP contribution in [0.5, 0.6) is 0 Å². The summed E-state index contributed by atoms with van der Waals surface area (Å²) in [5.74, 6) is -1.25. The Labute approximate surface area is 114 Å². The molecule has 0 radical (unpaired) electrons. The molecule has 2 aromatic rings. The van der Waals surface area contributed by atoms with Crippen LogP contribution in [0.1, 0.15) is 16.7 Å². The highest BCUT2D eigenvalue weighted by Gasteiger charge is 2.11. The minimum absolute atomic E-state index is 0.0587. The second kappa shape index (κ2) is 5.97. The lowest BCUT2D eigenvalue weighted by atomic mass is 10.3. The molecule has 102 valence electrons. The highest BCUT2D eigenvalue weighted by atomic mass is 32.1. The van der Waals surface area contributed by atoms with E-state index in [4.69, 9.17) is 0 Å². The summed E-state index contributed by atoms with van der Waals surface area (Å²) in [6.07, 6.45) is 0. The van der Waals surface area contributed by atoms with Crippen LogP contribution in [0.3, 0.4) is 0 Å². The maximum absolute atomic E-state index is 13.6. The van der Waals surface area contributed by atoms with Gasteiger partial charge in [-0.2, -0.15) is 0 Å². The van der Waals surface area contributed by atoms with E-state index in [0.717, 1.165) is 10.9 Å². The third-order valence-corrected chi connectivity index (χ3v) is 3.50. The summed E-state index contributed by atoms with van der Waals surface area (Å²) in [6.45, 7) is 4.83. The Morgan fingerprint density at radius 3 is 2.42 bits per heavy atom. The fourth-order valence-electron chi connectivity index (χ4n) is 1.63. The number of aromatic nitrogens is 1. The number of nitrogens with zero attached hydrogens (tertiary/aromatic N) is 1. The maximum atomic E-state index is 13.6. The molecular formula is C13H15F2N3S. The van der Waals surface area contributed by atoms with Crippen LogP contribution in [0.15, 0.2) is 18.2 Å². The van der Waals surface area contributed by atoms with Crippen molar-refractivity contribution in [1.82, 2.24) is 4.98 Å². The van der Waals surface area contributed by atoms with Gasteiger partial charge in [-0.25, -0.2) is 13.8 Å². The van der Waals surface area contributed by atoms with Crippen molar-refractivity contribution in [2.24, 2.45) is 0 Å². The van der Waals surface area contributed by atoms with E-state index in [1.807, 2.05) is 26.0 Å². The zero-order chi connectivity index (χ0) is 13.8. The molecule has 0 bridgehead atoms. The zero-order valence-corrected chi connectivity index (χ0v) is 11.6. The van der Waals surface area contributed by atoms with Crippen LogP contribution < -0.4 is 10.6 Å². The highest BCUT2D eigenvalue weighted by Crippen LogP contribution is 2.21. The van der Waals surface area contributed by atoms with E-state index in [2.05, 4.69) is 15.6 Å². The molecule has 0 atom stereocenters. The molecule has 0 fully saturated rings. The number of rotatable bonds is 5. The van der Waals surface area contributed by atoms with E-state index in [0.29, 0.717) is 13.1 Å². The Kier molecular flexibility index (Phi) is 4.31. The predicted molar refractivity (Wildman–Crippen MR) is 74.7 cm³/mol. The quantitative estimate of drug-likeness (QED) is 0.877. The number of pyridine rings is 1. The van der Waals surface area contributed by atoms with Gasteiger partial charge in [-0.05, 0) is 26.0 Å². The highest BCUT2D eigenvalue weighted by molar-refractivity contribution is 7.11. The van der Waals surface area contributed by atoms with Gasteiger partial charge >= 0.3 is 0 Å². The molecule has 0 unspecified atom stereocenters. The number of thiophene rings is 1. The standard InChI is InChI=1S/C13H15F2N3S/c1-3-16-12-10(14)6-11(15)13(18-12)17-7-9-5-4-8(2)19-9/h4-6H,3,7H2,1-2H3,(H2,16,17,18). The molecule has 0 aliphatic rings. The van der Waals surface area contributed by atoms with Gasteiger partial charge in [-0.3, -0.25) is 0 Å². The van der Waals surface area contributed by atoms with E-state index in [1.54, 1.807) is 11.3 Å². The first-order valence-corrected chi connectivity index (χ1v) is 6.81. The van der Waals surface area contributed by atoms with Crippen LogP contribution in [0.2, 0.25) is 0 Å². The van der Waals surface area contributed by atoms with Crippen molar-refractivity contribution >= 4 is 23.0 Å². The van der Waals surface area contributed by atoms with Crippen molar-refractivity contribution in [1.29, 1.82) is 0 Å². The third kappa shape index (κ3) is 3.41. The lowest BCUT2D eigenvalue weighted by Crippen LogP contribution is -2.08. The average Bonchev–Trinajstić information content (AvgIpc) is 2.77. The van der Waals surface area contributed by atoms with Crippen molar-refractivity contribution < 1.29 is 8.78 Å². The molecule has 2 aromatic heterocycles. The number of hydrogen-bond acceptors (Lipinski definition) is 4. The Bertz CT molecular complexity index is 569. The SMILES string of the molecule is CCNc1nc(NCc2ccc(C)s2)c(F)cc1F. The van der Waals surface area contributed by atoms with Gasteiger partial charge in [0.05, 0.1) is 6.54 Å². The van der Waals surface area contributed by atoms with Crippen LogP contribution >= 0.6 is 11.3 Å². The number of halogens is 2. The summed E-state index contributed by atoms with van der Waals surface area (Å²) in [7, 11) is 0. The second-order valence-electron chi connectivity index (χ2n) is 4.05. The molecule has 2 rings (SSSR count). The molecule has 2 N–H and O–H groups in total. The fraction of sp³-hybridized carbons (Fsp3) is 0.308. The summed E-state index contributed by atoms with van der Waals surface area (Å²) in [4.78, 5) is 6.19. The summed E-state index contributed by atoms with van der Waals surface area (Å²) in [5.41, 5.74) is 0. The summed E-state index contributed by atoms with van der Waals surface area (Å²) in [5, 5.41) is 5.64. The minimum atomic E-state index is -0.688. The number of aryl methyl sites for hydroxylation is 1. The van der Waals surface area contributed by atoms with Gasteiger partial charge in [-0.15, -0.1) is 11.3 Å². The monoisotopic (exact) mass is 283 g/mol. The van der Waals surface area contributed by atoms with Crippen LogP contribution in [0.25, 0.3) is 0 Å². The molecule has 0 aliphatic carbocycles. The van der Waals surface area contributed by atoms with E-state index in [-0.39, 0.29) is 11.6 Å². The van der Waals surface area contributed by atoms with Crippen LogP contribution in [0.4, 0.5) is 20.4 Å². The molecular weight excluding hydrogens is 268 g/mol. The van der Waals surface area contributed by atoms with E-state index in [9.17, 15) is 8.78 Å². The van der Waals surface area contributed by atoms with Gasteiger partial charge < -0.3 is 10.6 Å². The van der Waals surface area contributed by atoms with Gasteiger partial charge in [0.15, 0.2) is 23.3 Å². The molecule has 0 aliphatic heterocycles. The summed E-state index contributed by atoms with van der Waals surface area (Å²) < 4.78 is 27.0. The molecule has 2 heterocycles. The molecule has 0 saturated heterocycles. The molecule has 0 aromatic carbocycles. The van der Waals surface area contributed by atoms with Crippen molar-refractivity contribution in [2.75, 3.05) is 17.2 Å². The van der Waals surface area contributed by atoms with Gasteiger partial charge in [0.2, 0.25) is 0 Å². The first-order valence-electron chi connectivity index (χ1n) is 5.99. The fourth-order valence-corrected chi connectivity index (χ4v) is 2.46. The second-order valence-corrected chi connectivity index (χ2v) is 5.42. The van der Waals surface area contributed by atoms with Gasteiger partial charge in [0.25, 0.3) is 0 Å². The van der Waals surface area contributed by atoms with Gasteiger partial charge in [0, 0.05) is 22.4 Å². The van der Waals surface area contributed by atoms with E-state index >= 15 is 0 Å². The first-order chi connectivity index (χ1) is 9.10. The molecule has 19 heavy (non-hydrogen) atoms. The zero-order valence-electron chi connectivity index (χ0n) is 10.8. The summed E-state index contributed by atoms with van der Waals surface area (Å²) >= 11 is 1.63. The topological polar surface area (TPSA) is 37.0 Å². The van der Waals surface area contributed by atoms with Gasteiger partial charge in [-0.1, -0.05) is 0 Å². The van der Waals surface area contributed by atoms with Crippen LogP contribution in [-0.4, -0.2) is 11.5 Å². The van der Waals surface area contributed by atoms with Gasteiger partial charge in [0.1, 0.15) is 0 Å². The molecule has 0 saturated carbocycles. The smallest absolute Gasteiger partial charge is 0.168 e. The number of anilines is 2. The molecule has 3 nitrogen and oxygen atoms in total. The Hall–Kier alpha value is -1.69. The summed E-state index contributed by atoms with van der Waals surface area (Å²) in [6, 6.07) is 4.81. The normalized spacial score (nSPS) is 10.5. The van der Waals surface area contributed by atoms with Crippen LogP contribution in [-0.2, 0) is 6.54 Å². The lowest BCUT2D eigenvalue weighted by Gasteiger charge is -2.09. The van der Waals surface area contributed by atoms with Crippen molar-refractivity contribution in [3.8, 4) is 0 Å². The Balaban J connectivity index is 2.13. The van der Waals surface area contributed by atoms with Crippen molar-refractivity contribution in [2.45, 2.75) is 20.4 Å². The predicted octanol–water partition coefficient (Wildman–Crippen LogP) is 3.77. The largest absolute Gasteiger partial charge is 0.368 e. The number of hydrogen-bond donors (Lipinski definition) is 2. The van der Waals surface area contributed by atoms with E-state index < -0.39 is 11.6 Å². The Morgan fingerprint density at radius 1 is 1.16 bits per heavy atom. The van der Waals surface area contributed by atoms with Crippen molar-refractivity contribution in [3.05, 3.63) is 39.6 Å². The number of nitrogens with one attached hydrogen (secondary N) is 2. The molecule has 0 amide bonds. The molecule has 0 spiro atoms. The maximum Gasteiger partial charge on any atom is 0.168 e. The third-order valence-electron chi connectivity index (χ3n) is 2.50. The Morgan fingerprint density at radius 2 is 1.84 bits per heavy atom. The minimum Gasteiger partial charge on any atom is -0.368 e. The first kappa shape index (κ1) is 13.7. The van der Waals surface area contributed by atoms with Crippen LogP contribution in [0, 0.1) is 18.6 Å². The van der Waals surface area contributed by atoms with Crippen molar-refractivity contribution in [3.63, 3.8) is 0 Å². The average molecular weight is 283 g/mol.